The molecule has 2 amide bonds. The Labute approximate surface area is 180 Å². The zero-order chi connectivity index (χ0) is 21.8. The molecule has 0 bridgehead atoms. The third kappa shape index (κ3) is 5.22. The van der Waals surface area contributed by atoms with Crippen molar-refractivity contribution in [2.75, 3.05) is 46.3 Å². The molecule has 166 valence electrons. The zero-order valence-corrected chi connectivity index (χ0v) is 17.7. The molecule has 2 fully saturated rings. The fourth-order valence-electron chi connectivity index (χ4n) is 4.19. The molecule has 1 aromatic carbocycles. The van der Waals surface area contributed by atoms with Gasteiger partial charge in [-0.15, -0.1) is 0 Å². The number of likely N-dealkylation sites (N-methyl/N-ethyl adjacent to an activating group) is 1. The van der Waals surface area contributed by atoms with E-state index in [1.54, 1.807) is 29.3 Å². The van der Waals surface area contributed by atoms with Gasteiger partial charge in [-0.05, 0) is 37.4 Å². The average molecular weight is 429 g/mol. The summed E-state index contributed by atoms with van der Waals surface area (Å²) in [5.74, 6) is 0.0418. The number of likely N-dealkylation sites (tertiary alicyclic amines) is 1. The van der Waals surface area contributed by atoms with Gasteiger partial charge >= 0.3 is 0 Å². The van der Waals surface area contributed by atoms with Crippen molar-refractivity contribution >= 4 is 11.8 Å². The smallest absolute Gasteiger partial charge is 0.271 e. The van der Waals surface area contributed by atoms with Crippen LogP contribution in [0.2, 0.25) is 0 Å². The molecule has 1 N–H and O–H groups in total. The summed E-state index contributed by atoms with van der Waals surface area (Å²) in [6.45, 7) is 4.07. The SMILES string of the molecule is CN1CCN(C(=O)C[C@H]2CN(C(=O)c3ccn[nH]3)CC[C@@H]2Oc2ccc(F)cc2)CC1. The summed E-state index contributed by atoms with van der Waals surface area (Å²) < 4.78 is 19.4. The molecule has 2 aliphatic heterocycles. The third-order valence-electron chi connectivity index (χ3n) is 6.08. The topological polar surface area (TPSA) is 81.8 Å². The van der Waals surface area contributed by atoms with Crippen LogP contribution in [-0.2, 0) is 4.79 Å². The highest BCUT2D eigenvalue weighted by Gasteiger charge is 2.36. The molecule has 0 radical (unpaired) electrons. The number of H-pyrrole nitrogens is 1. The summed E-state index contributed by atoms with van der Waals surface area (Å²) in [7, 11) is 2.05. The molecule has 9 heteroatoms. The van der Waals surface area contributed by atoms with Crippen LogP contribution in [0.4, 0.5) is 4.39 Å². The van der Waals surface area contributed by atoms with E-state index in [1.165, 1.54) is 12.1 Å². The summed E-state index contributed by atoms with van der Waals surface area (Å²) in [4.78, 5) is 31.7. The molecular weight excluding hydrogens is 401 g/mol. The fraction of sp³-hybridized carbons (Fsp3) is 0.500. The minimum Gasteiger partial charge on any atom is -0.490 e. The normalized spacial score (nSPS) is 22.4. The van der Waals surface area contributed by atoms with Gasteiger partial charge in [-0.1, -0.05) is 0 Å². The molecule has 8 nitrogen and oxygen atoms in total. The maximum atomic E-state index is 13.3. The highest BCUT2D eigenvalue weighted by Crippen LogP contribution is 2.27. The second-order valence-electron chi connectivity index (χ2n) is 8.27. The largest absolute Gasteiger partial charge is 0.490 e. The molecule has 4 rings (SSSR count). The van der Waals surface area contributed by atoms with Gasteiger partial charge in [0.15, 0.2) is 0 Å². The lowest BCUT2D eigenvalue weighted by atomic mass is 9.90. The third-order valence-corrected chi connectivity index (χ3v) is 6.08. The average Bonchev–Trinajstić information content (AvgIpc) is 3.31. The molecule has 0 aliphatic carbocycles. The first-order valence-corrected chi connectivity index (χ1v) is 10.7. The number of piperazine rings is 1. The highest BCUT2D eigenvalue weighted by atomic mass is 19.1. The van der Waals surface area contributed by atoms with E-state index in [2.05, 4.69) is 22.1 Å². The van der Waals surface area contributed by atoms with Crippen LogP contribution in [0.15, 0.2) is 36.5 Å². The van der Waals surface area contributed by atoms with E-state index in [9.17, 15) is 14.0 Å². The molecule has 2 aliphatic rings. The number of amides is 2. The predicted molar refractivity (Wildman–Crippen MR) is 112 cm³/mol. The Kier molecular flexibility index (Phi) is 6.50. The van der Waals surface area contributed by atoms with Crippen LogP contribution < -0.4 is 4.74 Å². The first-order chi connectivity index (χ1) is 15.0. The van der Waals surface area contributed by atoms with Crippen molar-refractivity contribution in [1.82, 2.24) is 24.9 Å². The summed E-state index contributed by atoms with van der Waals surface area (Å²) >= 11 is 0. The van der Waals surface area contributed by atoms with Gasteiger partial charge in [-0.25, -0.2) is 4.39 Å². The number of nitrogens with zero attached hydrogens (tertiary/aromatic N) is 4. The monoisotopic (exact) mass is 429 g/mol. The van der Waals surface area contributed by atoms with Gasteiger partial charge in [0.25, 0.3) is 5.91 Å². The van der Waals surface area contributed by atoms with Crippen LogP contribution in [-0.4, -0.2) is 89.1 Å². The van der Waals surface area contributed by atoms with Crippen LogP contribution in [0.25, 0.3) is 0 Å². The minimum atomic E-state index is -0.325. The van der Waals surface area contributed by atoms with E-state index in [4.69, 9.17) is 4.74 Å². The van der Waals surface area contributed by atoms with Crippen LogP contribution in [0.5, 0.6) is 5.75 Å². The second kappa shape index (κ2) is 9.47. The second-order valence-corrected chi connectivity index (χ2v) is 8.27. The molecule has 31 heavy (non-hydrogen) atoms. The number of piperidine rings is 1. The highest BCUT2D eigenvalue weighted by molar-refractivity contribution is 5.92. The Morgan fingerprint density at radius 3 is 2.52 bits per heavy atom. The van der Waals surface area contributed by atoms with Crippen LogP contribution in [0, 0.1) is 11.7 Å². The Morgan fingerprint density at radius 2 is 1.84 bits per heavy atom. The van der Waals surface area contributed by atoms with Gasteiger partial charge in [0.1, 0.15) is 23.4 Å². The molecule has 2 atom stereocenters. The van der Waals surface area contributed by atoms with Gasteiger partial charge in [0, 0.05) is 64.2 Å². The van der Waals surface area contributed by atoms with E-state index >= 15 is 0 Å². The maximum Gasteiger partial charge on any atom is 0.271 e. The van der Waals surface area contributed by atoms with E-state index < -0.39 is 0 Å². The Bertz CT molecular complexity index is 881. The first-order valence-electron chi connectivity index (χ1n) is 10.7. The number of halogens is 1. The Morgan fingerprint density at radius 1 is 1.10 bits per heavy atom. The molecule has 1 aromatic heterocycles. The van der Waals surface area contributed by atoms with Crippen molar-refractivity contribution in [3.63, 3.8) is 0 Å². The summed E-state index contributed by atoms with van der Waals surface area (Å²) in [6.07, 6.45) is 2.22. The lowest BCUT2D eigenvalue weighted by Crippen LogP contribution is -2.51. The molecule has 0 spiro atoms. The lowest BCUT2D eigenvalue weighted by molar-refractivity contribution is -0.135. The number of carbonyl (C=O) groups excluding carboxylic acids is 2. The Balaban J connectivity index is 1.46. The lowest BCUT2D eigenvalue weighted by Gasteiger charge is -2.39. The van der Waals surface area contributed by atoms with Gasteiger partial charge in [0.2, 0.25) is 5.91 Å². The number of nitrogens with one attached hydrogen (secondary N) is 1. The predicted octanol–water partition coefficient (Wildman–Crippen LogP) is 1.62. The van der Waals surface area contributed by atoms with Gasteiger partial charge in [-0.2, -0.15) is 5.10 Å². The molecular formula is C22H28FN5O3. The Hall–Kier alpha value is -2.94. The van der Waals surface area contributed by atoms with Crippen molar-refractivity contribution in [1.29, 1.82) is 0 Å². The van der Waals surface area contributed by atoms with Gasteiger partial charge in [-0.3, -0.25) is 14.7 Å². The number of hydrogen-bond acceptors (Lipinski definition) is 5. The molecule has 2 aromatic rings. The summed E-state index contributed by atoms with van der Waals surface area (Å²) in [5, 5.41) is 6.57. The number of benzene rings is 1. The molecule has 0 saturated carbocycles. The van der Waals surface area contributed by atoms with E-state index in [-0.39, 0.29) is 29.7 Å². The fourth-order valence-corrected chi connectivity index (χ4v) is 4.19. The zero-order valence-electron chi connectivity index (χ0n) is 17.7. The molecule has 0 unspecified atom stereocenters. The number of aromatic nitrogens is 2. The standard InChI is InChI=1S/C22H28FN5O3/c1-26-10-12-27(13-11-26)21(29)14-16-15-28(22(30)19-6-8-24-25-19)9-7-20(16)31-18-4-2-17(23)3-5-18/h2-6,8,16,20H,7,9-15H2,1H3,(H,24,25)/t16-,20-/m0/s1. The quantitative estimate of drug-likeness (QED) is 0.781. The van der Waals surface area contributed by atoms with Crippen LogP contribution in [0.1, 0.15) is 23.3 Å². The van der Waals surface area contributed by atoms with Gasteiger partial charge in [0.05, 0.1) is 0 Å². The number of aromatic amines is 1. The minimum absolute atomic E-state index is 0.0849. The van der Waals surface area contributed by atoms with E-state index in [1.807, 2.05) is 4.90 Å². The van der Waals surface area contributed by atoms with Crippen molar-refractivity contribution < 1.29 is 18.7 Å². The number of rotatable bonds is 5. The maximum absolute atomic E-state index is 13.3. The number of ether oxygens (including phenoxy) is 1. The molecule has 3 heterocycles. The van der Waals surface area contributed by atoms with E-state index in [0.29, 0.717) is 50.5 Å². The summed E-state index contributed by atoms with van der Waals surface area (Å²) in [5.41, 5.74) is 0.432. The van der Waals surface area contributed by atoms with Crippen molar-refractivity contribution in [3.8, 4) is 5.75 Å². The first kappa shape index (κ1) is 21.3. The van der Waals surface area contributed by atoms with E-state index in [0.717, 1.165) is 13.1 Å². The molecule has 2 saturated heterocycles. The summed E-state index contributed by atoms with van der Waals surface area (Å²) in [6, 6.07) is 7.55. The van der Waals surface area contributed by atoms with Crippen molar-refractivity contribution in [2.24, 2.45) is 5.92 Å². The van der Waals surface area contributed by atoms with Crippen molar-refractivity contribution in [2.45, 2.75) is 18.9 Å². The van der Waals surface area contributed by atoms with Crippen LogP contribution in [0.3, 0.4) is 0 Å². The number of carbonyl (C=O) groups is 2. The van der Waals surface area contributed by atoms with Crippen LogP contribution >= 0.6 is 0 Å². The van der Waals surface area contributed by atoms with Crippen molar-refractivity contribution in [3.05, 3.63) is 48.0 Å². The number of hydrogen-bond donors (Lipinski definition) is 1. The van der Waals surface area contributed by atoms with Gasteiger partial charge < -0.3 is 19.4 Å².